The normalized spacial score (nSPS) is 40.2. The average molecular weight is 320 g/mol. The van der Waals surface area contributed by atoms with Crippen molar-refractivity contribution in [2.45, 2.75) is 95.7 Å². The van der Waals surface area contributed by atoms with Crippen molar-refractivity contribution in [3.05, 3.63) is 0 Å². The molecule has 0 aromatic carbocycles. The molecule has 2 aliphatic carbocycles. The summed E-state index contributed by atoms with van der Waals surface area (Å²) in [6.07, 6.45) is 20.1. The Morgan fingerprint density at radius 1 is 0.739 bits per heavy atom. The summed E-state index contributed by atoms with van der Waals surface area (Å²) in [5.74, 6) is 2.99. The SMILES string of the molecule is C1CCC(CC2CCC3OC(CN4CCCC4)CCC3C2)CC1. The minimum atomic E-state index is 0.546. The van der Waals surface area contributed by atoms with Crippen molar-refractivity contribution < 1.29 is 4.74 Å². The van der Waals surface area contributed by atoms with Gasteiger partial charge in [-0.3, -0.25) is 0 Å². The summed E-state index contributed by atoms with van der Waals surface area (Å²) >= 11 is 0. The Morgan fingerprint density at radius 2 is 1.57 bits per heavy atom. The Balaban J connectivity index is 1.22. The molecule has 2 heterocycles. The predicted molar refractivity (Wildman–Crippen MR) is 95.6 cm³/mol. The van der Waals surface area contributed by atoms with Crippen LogP contribution >= 0.6 is 0 Å². The quantitative estimate of drug-likeness (QED) is 0.721. The molecule has 4 fully saturated rings. The molecule has 2 saturated heterocycles. The van der Waals surface area contributed by atoms with Gasteiger partial charge >= 0.3 is 0 Å². The fourth-order valence-electron chi connectivity index (χ4n) is 6.03. The molecule has 2 aliphatic heterocycles. The van der Waals surface area contributed by atoms with Crippen LogP contribution in [0.25, 0.3) is 0 Å². The van der Waals surface area contributed by atoms with Crippen LogP contribution in [0.4, 0.5) is 0 Å². The van der Waals surface area contributed by atoms with Gasteiger partial charge in [-0.1, -0.05) is 32.1 Å². The third kappa shape index (κ3) is 4.31. The van der Waals surface area contributed by atoms with E-state index in [4.69, 9.17) is 4.74 Å². The van der Waals surface area contributed by atoms with Crippen molar-refractivity contribution in [3.8, 4) is 0 Å². The molecule has 0 aromatic heterocycles. The van der Waals surface area contributed by atoms with Crippen LogP contribution in [0.5, 0.6) is 0 Å². The highest BCUT2D eigenvalue weighted by Gasteiger charge is 2.37. The Morgan fingerprint density at radius 3 is 2.39 bits per heavy atom. The van der Waals surface area contributed by atoms with Crippen LogP contribution in [0.2, 0.25) is 0 Å². The second kappa shape index (κ2) is 7.87. The van der Waals surface area contributed by atoms with Gasteiger partial charge in [0, 0.05) is 6.54 Å². The molecule has 2 heteroatoms. The molecule has 23 heavy (non-hydrogen) atoms. The predicted octanol–water partition coefficient (Wildman–Crippen LogP) is 5.02. The second-order valence-corrected chi connectivity index (χ2v) is 9.06. The topological polar surface area (TPSA) is 12.5 Å². The molecule has 4 rings (SSSR count). The van der Waals surface area contributed by atoms with Gasteiger partial charge in [0.25, 0.3) is 0 Å². The van der Waals surface area contributed by atoms with Crippen LogP contribution in [0.1, 0.15) is 83.5 Å². The van der Waals surface area contributed by atoms with Crippen molar-refractivity contribution in [2.24, 2.45) is 17.8 Å². The first-order valence-electron chi connectivity index (χ1n) is 10.7. The average Bonchev–Trinajstić information content (AvgIpc) is 3.09. The van der Waals surface area contributed by atoms with E-state index in [9.17, 15) is 0 Å². The molecular weight excluding hydrogens is 282 g/mol. The summed E-state index contributed by atoms with van der Waals surface area (Å²) < 4.78 is 6.55. The van der Waals surface area contributed by atoms with Crippen molar-refractivity contribution in [1.82, 2.24) is 4.90 Å². The van der Waals surface area contributed by atoms with E-state index in [1.807, 2.05) is 0 Å². The van der Waals surface area contributed by atoms with Gasteiger partial charge in [-0.05, 0) is 82.2 Å². The highest BCUT2D eigenvalue weighted by molar-refractivity contribution is 4.88. The maximum absolute atomic E-state index is 6.55. The summed E-state index contributed by atoms with van der Waals surface area (Å²) in [5, 5.41) is 0. The summed E-state index contributed by atoms with van der Waals surface area (Å²) in [6, 6.07) is 0. The van der Waals surface area contributed by atoms with E-state index in [-0.39, 0.29) is 0 Å². The minimum Gasteiger partial charge on any atom is -0.373 e. The van der Waals surface area contributed by atoms with Crippen LogP contribution < -0.4 is 0 Å². The fraction of sp³-hybridized carbons (Fsp3) is 1.00. The van der Waals surface area contributed by atoms with Crippen molar-refractivity contribution in [1.29, 1.82) is 0 Å². The van der Waals surface area contributed by atoms with Crippen LogP contribution in [-0.2, 0) is 4.74 Å². The lowest BCUT2D eigenvalue weighted by Crippen LogP contribution is -2.43. The first-order chi connectivity index (χ1) is 11.4. The van der Waals surface area contributed by atoms with E-state index in [0.717, 1.165) is 17.8 Å². The smallest absolute Gasteiger partial charge is 0.0706 e. The molecule has 0 aromatic rings. The summed E-state index contributed by atoms with van der Waals surface area (Å²) in [5.41, 5.74) is 0. The van der Waals surface area contributed by atoms with E-state index in [1.54, 1.807) is 6.42 Å². The van der Waals surface area contributed by atoms with E-state index in [2.05, 4.69) is 4.90 Å². The van der Waals surface area contributed by atoms with Gasteiger partial charge in [0.05, 0.1) is 12.2 Å². The maximum atomic E-state index is 6.55. The van der Waals surface area contributed by atoms with Crippen molar-refractivity contribution in [2.75, 3.05) is 19.6 Å². The van der Waals surface area contributed by atoms with Crippen LogP contribution in [0.3, 0.4) is 0 Å². The number of ether oxygens (including phenoxy) is 1. The van der Waals surface area contributed by atoms with Gasteiger partial charge in [-0.25, -0.2) is 0 Å². The Labute approximate surface area is 143 Å². The molecule has 0 N–H and O–H groups in total. The molecule has 4 atom stereocenters. The zero-order chi connectivity index (χ0) is 15.5. The summed E-state index contributed by atoms with van der Waals surface area (Å²) in [6.45, 7) is 3.85. The Hall–Kier alpha value is -0.0800. The van der Waals surface area contributed by atoms with E-state index in [1.165, 1.54) is 96.7 Å². The lowest BCUT2D eigenvalue weighted by molar-refractivity contribution is -0.114. The van der Waals surface area contributed by atoms with Crippen LogP contribution in [0.15, 0.2) is 0 Å². The number of likely N-dealkylation sites (tertiary alicyclic amines) is 1. The molecule has 132 valence electrons. The van der Waals surface area contributed by atoms with E-state index in [0.29, 0.717) is 12.2 Å². The van der Waals surface area contributed by atoms with E-state index >= 15 is 0 Å². The number of hydrogen-bond donors (Lipinski definition) is 0. The molecule has 0 radical (unpaired) electrons. The molecule has 0 bridgehead atoms. The van der Waals surface area contributed by atoms with Crippen molar-refractivity contribution >= 4 is 0 Å². The third-order valence-electron chi connectivity index (χ3n) is 7.30. The highest BCUT2D eigenvalue weighted by atomic mass is 16.5. The number of fused-ring (bicyclic) bond motifs is 1. The van der Waals surface area contributed by atoms with Crippen molar-refractivity contribution in [3.63, 3.8) is 0 Å². The molecule has 0 spiro atoms. The largest absolute Gasteiger partial charge is 0.373 e. The lowest BCUT2D eigenvalue weighted by atomic mass is 9.71. The van der Waals surface area contributed by atoms with Gasteiger partial charge in [-0.2, -0.15) is 0 Å². The molecule has 4 aliphatic rings. The fourth-order valence-corrected chi connectivity index (χ4v) is 6.03. The highest BCUT2D eigenvalue weighted by Crippen LogP contribution is 2.42. The lowest BCUT2D eigenvalue weighted by Gasteiger charge is -2.43. The standard InChI is InChI=1S/C21H37NO/c1-2-6-17(7-3-1)14-18-8-11-21-19(15-18)9-10-20(23-21)16-22-12-4-5-13-22/h17-21H,1-16H2. The number of nitrogens with zero attached hydrogens (tertiary/aromatic N) is 1. The van der Waals surface area contributed by atoms with Gasteiger partial charge in [0.2, 0.25) is 0 Å². The third-order valence-corrected chi connectivity index (χ3v) is 7.30. The summed E-state index contributed by atoms with van der Waals surface area (Å²) in [4.78, 5) is 2.64. The van der Waals surface area contributed by atoms with Gasteiger partial charge in [0.15, 0.2) is 0 Å². The van der Waals surface area contributed by atoms with Gasteiger partial charge in [0.1, 0.15) is 0 Å². The summed E-state index contributed by atoms with van der Waals surface area (Å²) in [7, 11) is 0. The molecule has 0 amide bonds. The van der Waals surface area contributed by atoms with Gasteiger partial charge in [-0.15, -0.1) is 0 Å². The second-order valence-electron chi connectivity index (χ2n) is 9.06. The van der Waals surface area contributed by atoms with Crippen LogP contribution in [0, 0.1) is 17.8 Å². The van der Waals surface area contributed by atoms with Crippen LogP contribution in [-0.4, -0.2) is 36.7 Å². The molecular formula is C21H37NO. The Kier molecular flexibility index (Phi) is 5.61. The molecule has 2 nitrogen and oxygen atoms in total. The first kappa shape index (κ1) is 16.4. The number of rotatable bonds is 4. The maximum Gasteiger partial charge on any atom is 0.0706 e. The first-order valence-corrected chi connectivity index (χ1v) is 10.7. The Bertz CT molecular complexity index is 359. The molecule has 4 unspecified atom stereocenters. The minimum absolute atomic E-state index is 0.546. The van der Waals surface area contributed by atoms with E-state index < -0.39 is 0 Å². The number of hydrogen-bond acceptors (Lipinski definition) is 2. The molecule has 2 saturated carbocycles. The zero-order valence-electron chi connectivity index (χ0n) is 15.1. The monoisotopic (exact) mass is 319 g/mol. The zero-order valence-corrected chi connectivity index (χ0v) is 15.1. The van der Waals surface area contributed by atoms with Gasteiger partial charge < -0.3 is 9.64 Å².